The van der Waals surface area contributed by atoms with Gasteiger partial charge in [0.1, 0.15) is 0 Å². The molecule has 70 valence electrons. The number of ketones is 1. The Labute approximate surface area is 80.4 Å². The third kappa shape index (κ3) is 1.37. The molecule has 0 spiro atoms. The third-order valence-electron chi connectivity index (χ3n) is 1.84. The second-order valence-corrected chi connectivity index (χ2v) is 2.77. The minimum absolute atomic E-state index is 0.227. The van der Waals surface area contributed by atoms with Crippen LogP contribution >= 0.6 is 0 Å². The second-order valence-electron chi connectivity index (χ2n) is 2.77. The fraction of sp³-hybridized carbons (Fsp3) is 0. The molecule has 2 N–H and O–H groups in total. The van der Waals surface area contributed by atoms with Gasteiger partial charge in [-0.15, -0.1) is 0 Å². The van der Waals surface area contributed by atoms with Gasteiger partial charge in [-0.05, 0) is 18.2 Å². The summed E-state index contributed by atoms with van der Waals surface area (Å²) in [6, 6.07) is 4.83. The van der Waals surface area contributed by atoms with E-state index in [4.69, 9.17) is 10.2 Å². The molecule has 2 rings (SSSR count). The fourth-order valence-electron chi connectivity index (χ4n) is 1.15. The number of aromatic nitrogens is 1. The third-order valence-corrected chi connectivity index (χ3v) is 1.84. The van der Waals surface area contributed by atoms with E-state index in [-0.39, 0.29) is 11.5 Å². The molecule has 14 heavy (non-hydrogen) atoms. The normalized spacial score (nSPS) is 10.0. The van der Waals surface area contributed by atoms with Crippen LogP contribution in [-0.4, -0.2) is 10.8 Å². The number of furan rings is 1. The van der Waals surface area contributed by atoms with Gasteiger partial charge in [-0.3, -0.25) is 9.78 Å². The first-order valence-corrected chi connectivity index (χ1v) is 4.07. The lowest BCUT2D eigenvalue weighted by molar-refractivity contribution is 0.101. The zero-order valence-corrected chi connectivity index (χ0v) is 7.31. The number of rotatable bonds is 2. The van der Waals surface area contributed by atoms with Gasteiger partial charge >= 0.3 is 0 Å². The highest BCUT2D eigenvalue weighted by Gasteiger charge is 2.13. The van der Waals surface area contributed by atoms with Gasteiger partial charge in [0.2, 0.25) is 5.78 Å². The molecule has 4 nitrogen and oxygen atoms in total. The van der Waals surface area contributed by atoms with Gasteiger partial charge < -0.3 is 10.2 Å². The van der Waals surface area contributed by atoms with E-state index < -0.39 is 0 Å². The minimum Gasteiger partial charge on any atom is -0.461 e. The van der Waals surface area contributed by atoms with Gasteiger partial charge in [-0.25, -0.2) is 0 Å². The average Bonchev–Trinajstić information content (AvgIpc) is 2.70. The molecule has 0 atom stereocenters. The first-order valence-electron chi connectivity index (χ1n) is 4.07. The van der Waals surface area contributed by atoms with Crippen molar-refractivity contribution >= 4 is 11.5 Å². The average molecular weight is 188 g/mol. The van der Waals surface area contributed by atoms with Crippen LogP contribution in [0.25, 0.3) is 0 Å². The van der Waals surface area contributed by atoms with Crippen LogP contribution in [0.4, 0.5) is 5.69 Å². The van der Waals surface area contributed by atoms with Gasteiger partial charge in [0.05, 0.1) is 23.7 Å². The van der Waals surface area contributed by atoms with Crippen molar-refractivity contribution < 1.29 is 9.21 Å². The molecule has 0 aromatic carbocycles. The molecule has 2 aromatic heterocycles. The SMILES string of the molecule is Nc1cnccc1C(=O)c1ccco1. The molecule has 0 unspecified atom stereocenters. The highest BCUT2D eigenvalue weighted by Crippen LogP contribution is 2.14. The van der Waals surface area contributed by atoms with E-state index in [2.05, 4.69) is 4.98 Å². The molecular weight excluding hydrogens is 180 g/mol. The van der Waals surface area contributed by atoms with Gasteiger partial charge in [-0.1, -0.05) is 0 Å². The summed E-state index contributed by atoms with van der Waals surface area (Å²) in [4.78, 5) is 15.5. The number of nitrogens with zero attached hydrogens (tertiary/aromatic N) is 1. The van der Waals surface area contributed by atoms with Crippen LogP contribution in [0, 0.1) is 0 Å². The van der Waals surface area contributed by atoms with Crippen molar-refractivity contribution in [3.63, 3.8) is 0 Å². The van der Waals surface area contributed by atoms with Gasteiger partial charge in [0.15, 0.2) is 5.76 Å². The van der Waals surface area contributed by atoms with E-state index >= 15 is 0 Å². The molecule has 0 saturated carbocycles. The molecule has 0 fully saturated rings. The van der Waals surface area contributed by atoms with Gasteiger partial charge in [0, 0.05) is 6.20 Å². The zero-order valence-electron chi connectivity index (χ0n) is 7.31. The Morgan fingerprint density at radius 1 is 1.43 bits per heavy atom. The Balaban J connectivity index is 2.42. The molecule has 0 amide bonds. The van der Waals surface area contributed by atoms with Crippen molar-refractivity contribution in [2.45, 2.75) is 0 Å². The topological polar surface area (TPSA) is 69.1 Å². The summed E-state index contributed by atoms with van der Waals surface area (Å²) in [7, 11) is 0. The Bertz CT molecular complexity index is 449. The van der Waals surface area contributed by atoms with Crippen LogP contribution < -0.4 is 5.73 Å². The summed E-state index contributed by atoms with van der Waals surface area (Å²) >= 11 is 0. The van der Waals surface area contributed by atoms with Gasteiger partial charge in [0.25, 0.3) is 0 Å². The molecule has 0 radical (unpaired) electrons. The summed E-state index contributed by atoms with van der Waals surface area (Å²) in [5, 5.41) is 0. The van der Waals surface area contributed by atoms with E-state index in [9.17, 15) is 4.79 Å². The number of carbonyl (C=O) groups excluding carboxylic acids is 1. The lowest BCUT2D eigenvalue weighted by Crippen LogP contribution is -2.04. The van der Waals surface area contributed by atoms with E-state index in [1.807, 2.05) is 0 Å². The summed E-state index contributed by atoms with van der Waals surface area (Å²) in [5.74, 6) is 0.0535. The van der Waals surface area contributed by atoms with Crippen molar-refractivity contribution in [3.05, 3.63) is 48.2 Å². The first-order chi connectivity index (χ1) is 6.79. The first kappa shape index (κ1) is 8.50. The highest BCUT2D eigenvalue weighted by atomic mass is 16.3. The molecule has 4 heteroatoms. The molecule has 2 heterocycles. The maximum Gasteiger partial charge on any atom is 0.230 e. The number of hydrogen-bond acceptors (Lipinski definition) is 4. The van der Waals surface area contributed by atoms with Crippen molar-refractivity contribution in [2.75, 3.05) is 5.73 Å². The van der Waals surface area contributed by atoms with Crippen LogP contribution in [0.5, 0.6) is 0 Å². The second kappa shape index (κ2) is 3.33. The predicted octanol–water partition coefficient (Wildman–Crippen LogP) is 1.49. The Morgan fingerprint density at radius 3 is 2.93 bits per heavy atom. The monoisotopic (exact) mass is 188 g/mol. The number of nitrogen functional groups attached to an aromatic ring is 1. The largest absolute Gasteiger partial charge is 0.461 e. The molecule has 0 aliphatic heterocycles. The molecular formula is C10H8N2O2. The molecule has 2 aromatic rings. The van der Waals surface area contributed by atoms with E-state index in [1.54, 1.807) is 18.2 Å². The summed E-state index contributed by atoms with van der Waals surface area (Å²) in [6.45, 7) is 0. The lowest BCUT2D eigenvalue weighted by Gasteiger charge is -2.00. The van der Waals surface area contributed by atoms with Crippen molar-refractivity contribution in [3.8, 4) is 0 Å². The fourth-order valence-corrected chi connectivity index (χ4v) is 1.15. The number of hydrogen-bond donors (Lipinski definition) is 1. The van der Waals surface area contributed by atoms with Crippen molar-refractivity contribution in [1.29, 1.82) is 0 Å². The van der Waals surface area contributed by atoms with Crippen LogP contribution in [0.2, 0.25) is 0 Å². The van der Waals surface area contributed by atoms with Crippen molar-refractivity contribution in [2.24, 2.45) is 0 Å². The molecule has 0 aliphatic rings. The van der Waals surface area contributed by atoms with Crippen molar-refractivity contribution in [1.82, 2.24) is 4.98 Å². The Hall–Kier alpha value is -2.10. The van der Waals surface area contributed by atoms with E-state index in [0.29, 0.717) is 11.3 Å². The number of nitrogens with two attached hydrogens (primary N) is 1. The molecule has 0 aliphatic carbocycles. The van der Waals surface area contributed by atoms with Crippen LogP contribution in [0.3, 0.4) is 0 Å². The minimum atomic E-state index is -0.227. The maximum atomic E-state index is 11.7. The maximum absolute atomic E-state index is 11.7. The summed E-state index contributed by atoms with van der Waals surface area (Å²) < 4.78 is 4.98. The standard InChI is InChI=1S/C10H8N2O2/c11-8-6-12-4-3-7(8)10(13)9-2-1-5-14-9/h1-6H,11H2. The molecule has 0 bridgehead atoms. The highest BCUT2D eigenvalue weighted by molar-refractivity contribution is 6.10. The van der Waals surface area contributed by atoms with Crippen LogP contribution in [-0.2, 0) is 0 Å². The Morgan fingerprint density at radius 2 is 2.29 bits per heavy atom. The van der Waals surface area contributed by atoms with E-state index in [1.165, 1.54) is 18.7 Å². The predicted molar refractivity (Wildman–Crippen MR) is 50.8 cm³/mol. The van der Waals surface area contributed by atoms with Crippen LogP contribution in [0.15, 0.2) is 41.3 Å². The number of carbonyl (C=O) groups is 1. The van der Waals surface area contributed by atoms with Gasteiger partial charge in [-0.2, -0.15) is 0 Å². The summed E-state index contributed by atoms with van der Waals surface area (Å²) in [5.41, 5.74) is 6.37. The number of anilines is 1. The Kier molecular flexibility index (Phi) is 2.02. The quantitative estimate of drug-likeness (QED) is 0.725. The number of pyridine rings is 1. The zero-order chi connectivity index (χ0) is 9.97. The summed E-state index contributed by atoms with van der Waals surface area (Å²) in [6.07, 6.45) is 4.41. The molecule has 0 saturated heterocycles. The van der Waals surface area contributed by atoms with E-state index in [0.717, 1.165) is 0 Å². The lowest BCUT2D eigenvalue weighted by atomic mass is 10.1. The smallest absolute Gasteiger partial charge is 0.230 e. The van der Waals surface area contributed by atoms with Crippen LogP contribution in [0.1, 0.15) is 16.1 Å².